The number of fused-ring (bicyclic) bond motifs is 1. The Bertz CT molecular complexity index is 809. The Balaban J connectivity index is 2.09. The second-order valence-electron chi connectivity index (χ2n) is 5.34. The molecule has 1 amide bonds. The predicted octanol–water partition coefficient (Wildman–Crippen LogP) is 1.51. The van der Waals surface area contributed by atoms with E-state index in [-0.39, 0.29) is 24.3 Å². The zero-order valence-corrected chi connectivity index (χ0v) is 14.0. The number of nitrogens with zero attached hydrogens (tertiary/aromatic N) is 1. The molecule has 0 bridgehead atoms. The van der Waals surface area contributed by atoms with E-state index >= 15 is 0 Å². The number of carboxylic acid groups (broad SMARTS) is 1. The van der Waals surface area contributed by atoms with Crippen LogP contribution in [-0.2, 0) is 16.0 Å². The third kappa shape index (κ3) is 3.76. The fourth-order valence-corrected chi connectivity index (χ4v) is 3.30. The highest BCUT2D eigenvalue weighted by atomic mass is 32.1. The first-order chi connectivity index (χ1) is 10.8. The molecule has 1 unspecified atom stereocenters. The first kappa shape index (κ1) is 17.1. The number of carbonyl (C=O) groups excluding carboxylic acids is 1. The quantitative estimate of drug-likeness (QED) is 0.740. The number of H-pyrrole nitrogens is 1. The van der Waals surface area contributed by atoms with Crippen LogP contribution >= 0.6 is 11.3 Å². The molecule has 0 aliphatic carbocycles. The van der Waals surface area contributed by atoms with E-state index in [1.165, 1.54) is 11.3 Å². The Morgan fingerprint density at radius 2 is 2.09 bits per heavy atom. The number of thiophene rings is 1. The highest BCUT2D eigenvalue weighted by Gasteiger charge is 2.18. The molecule has 7 nitrogen and oxygen atoms in total. The lowest BCUT2D eigenvalue weighted by Gasteiger charge is -2.11. The maximum atomic E-state index is 12.1. The average molecular weight is 337 g/mol. The van der Waals surface area contributed by atoms with Gasteiger partial charge >= 0.3 is 5.97 Å². The third-order valence-corrected chi connectivity index (χ3v) is 4.82. The number of aromatic amines is 1. The van der Waals surface area contributed by atoms with Crippen LogP contribution in [-0.4, -0.2) is 33.0 Å². The van der Waals surface area contributed by atoms with Gasteiger partial charge in [0.15, 0.2) is 0 Å². The molecule has 0 spiro atoms. The molecule has 0 fully saturated rings. The number of aromatic nitrogens is 2. The Kier molecular flexibility index (Phi) is 5.15. The van der Waals surface area contributed by atoms with Gasteiger partial charge in [0.2, 0.25) is 5.91 Å². The van der Waals surface area contributed by atoms with Gasteiger partial charge in [0, 0.05) is 17.7 Å². The zero-order valence-electron chi connectivity index (χ0n) is 13.2. The first-order valence-electron chi connectivity index (χ1n) is 7.34. The van der Waals surface area contributed by atoms with Gasteiger partial charge < -0.3 is 15.4 Å². The molecule has 2 aromatic heterocycles. The van der Waals surface area contributed by atoms with Gasteiger partial charge in [-0.05, 0) is 25.8 Å². The number of carboxylic acids is 1. The van der Waals surface area contributed by atoms with Crippen LogP contribution < -0.4 is 10.9 Å². The molecule has 3 N–H and O–H groups in total. The summed E-state index contributed by atoms with van der Waals surface area (Å²) in [7, 11) is 0. The van der Waals surface area contributed by atoms with Crippen LogP contribution in [0.2, 0.25) is 0 Å². The summed E-state index contributed by atoms with van der Waals surface area (Å²) in [5, 5.41) is 12.0. The summed E-state index contributed by atoms with van der Waals surface area (Å²) in [4.78, 5) is 43.6. The molecule has 0 radical (unpaired) electrons. The van der Waals surface area contributed by atoms with Crippen molar-refractivity contribution in [1.29, 1.82) is 0 Å². The van der Waals surface area contributed by atoms with E-state index in [4.69, 9.17) is 5.11 Å². The van der Waals surface area contributed by atoms with Crippen LogP contribution in [0.5, 0.6) is 0 Å². The number of hydrogen-bond acceptors (Lipinski definition) is 5. The van der Waals surface area contributed by atoms with Crippen LogP contribution in [0, 0.1) is 13.8 Å². The van der Waals surface area contributed by atoms with Crippen LogP contribution in [0.4, 0.5) is 0 Å². The van der Waals surface area contributed by atoms with Crippen molar-refractivity contribution < 1.29 is 14.7 Å². The number of amides is 1. The van der Waals surface area contributed by atoms with Gasteiger partial charge in [0.1, 0.15) is 16.7 Å². The maximum Gasteiger partial charge on any atom is 0.326 e. The minimum atomic E-state index is -1.06. The van der Waals surface area contributed by atoms with E-state index in [1.54, 1.807) is 6.92 Å². The predicted molar refractivity (Wildman–Crippen MR) is 87.9 cm³/mol. The summed E-state index contributed by atoms with van der Waals surface area (Å²) >= 11 is 1.45. The van der Waals surface area contributed by atoms with Crippen molar-refractivity contribution in [2.24, 2.45) is 0 Å². The summed E-state index contributed by atoms with van der Waals surface area (Å²) in [5.74, 6) is -0.999. The summed E-state index contributed by atoms with van der Waals surface area (Å²) in [6.07, 6.45) is 0.639. The van der Waals surface area contributed by atoms with Gasteiger partial charge in [-0.2, -0.15) is 0 Å². The number of aryl methyl sites for hydroxylation is 3. The minimum absolute atomic E-state index is 0.0710. The lowest BCUT2D eigenvalue weighted by atomic mass is 10.2. The molecule has 23 heavy (non-hydrogen) atoms. The Morgan fingerprint density at radius 1 is 1.39 bits per heavy atom. The molecule has 2 aromatic rings. The topological polar surface area (TPSA) is 112 Å². The largest absolute Gasteiger partial charge is 0.480 e. The monoisotopic (exact) mass is 337 g/mol. The van der Waals surface area contributed by atoms with Gasteiger partial charge in [-0.15, -0.1) is 11.3 Å². The molecule has 0 aromatic carbocycles. The minimum Gasteiger partial charge on any atom is -0.480 e. The van der Waals surface area contributed by atoms with Gasteiger partial charge in [-0.3, -0.25) is 9.59 Å². The lowest BCUT2D eigenvalue weighted by molar-refractivity contribution is -0.141. The second-order valence-corrected chi connectivity index (χ2v) is 6.55. The average Bonchev–Trinajstić information content (AvgIpc) is 2.77. The zero-order chi connectivity index (χ0) is 17.1. The Hall–Kier alpha value is -2.22. The maximum absolute atomic E-state index is 12.1. The molecule has 124 valence electrons. The fourth-order valence-electron chi connectivity index (χ4n) is 2.25. The van der Waals surface area contributed by atoms with Crippen LogP contribution in [0.1, 0.15) is 36.0 Å². The number of rotatable bonds is 6. The summed E-state index contributed by atoms with van der Waals surface area (Å²) < 4.78 is 0. The van der Waals surface area contributed by atoms with Crippen molar-refractivity contribution in [2.45, 2.75) is 46.1 Å². The number of aliphatic carboxylic acids is 1. The van der Waals surface area contributed by atoms with Crippen molar-refractivity contribution in [3.63, 3.8) is 0 Å². The van der Waals surface area contributed by atoms with Gasteiger partial charge in [0.25, 0.3) is 5.56 Å². The molecular formula is C15H19N3O4S. The van der Waals surface area contributed by atoms with E-state index in [1.807, 2.05) is 13.8 Å². The van der Waals surface area contributed by atoms with Crippen molar-refractivity contribution in [2.75, 3.05) is 0 Å². The smallest absolute Gasteiger partial charge is 0.326 e. The van der Waals surface area contributed by atoms with Gasteiger partial charge in [0.05, 0.1) is 5.39 Å². The van der Waals surface area contributed by atoms with Gasteiger partial charge in [-0.25, -0.2) is 9.78 Å². The molecular weight excluding hydrogens is 318 g/mol. The molecule has 0 saturated heterocycles. The lowest BCUT2D eigenvalue weighted by Crippen LogP contribution is -2.40. The van der Waals surface area contributed by atoms with E-state index in [0.717, 1.165) is 10.4 Å². The Labute approximate surface area is 136 Å². The molecule has 2 rings (SSSR count). The van der Waals surface area contributed by atoms with E-state index < -0.39 is 12.0 Å². The normalized spacial score (nSPS) is 12.3. The molecule has 0 saturated carbocycles. The van der Waals surface area contributed by atoms with E-state index in [0.29, 0.717) is 22.5 Å². The molecule has 2 heterocycles. The van der Waals surface area contributed by atoms with Crippen LogP contribution in [0.3, 0.4) is 0 Å². The number of nitrogens with one attached hydrogen (secondary N) is 2. The molecule has 0 aliphatic rings. The van der Waals surface area contributed by atoms with Crippen molar-refractivity contribution >= 4 is 33.4 Å². The highest BCUT2D eigenvalue weighted by molar-refractivity contribution is 7.18. The van der Waals surface area contributed by atoms with Crippen molar-refractivity contribution in [3.05, 3.63) is 26.6 Å². The second kappa shape index (κ2) is 6.91. The fraction of sp³-hybridized carbons (Fsp3) is 0.467. The third-order valence-electron chi connectivity index (χ3n) is 3.72. The summed E-state index contributed by atoms with van der Waals surface area (Å²) in [5.41, 5.74) is 0.722. The molecule has 0 aliphatic heterocycles. The van der Waals surface area contributed by atoms with E-state index in [9.17, 15) is 14.4 Å². The SMILES string of the molecule is CCC(NC(=O)CCc1nc2sc(C)c(C)c2c(=O)[nH]1)C(=O)O. The Morgan fingerprint density at radius 3 is 2.70 bits per heavy atom. The van der Waals surface area contributed by atoms with Crippen LogP contribution in [0.25, 0.3) is 10.2 Å². The summed E-state index contributed by atoms with van der Waals surface area (Å²) in [6.45, 7) is 5.51. The first-order valence-corrected chi connectivity index (χ1v) is 8.16. The van der Waals surface area contributed by atoms with Crippen LogP contribution in [0.15, 0.2) is 4.79 Å². The number of carbonyl (C=O) groups is 2. The van der Waals surface area contributed by atoms with Crippen molar-refractivity contribution in [3.8, 4) is 0 Å². The molecule has 8 heteroatoms. The summed E-state index contributed by atoms with van der Waals surface area (Å²) in [6, 6.07) is -0.889. The van der Waals surface area contributed by atoms with Gasteiger partial charge in [-0.1, -0.05) is 6.92 Å². The highest BCUT2D eigenvalue weighted by Crippen LogP contribution is 2.25. The van der Waals surface area contributed by atoms with Crippen molar-refractivity contribution in [1.82, 2.24) is 15.3 Å². The number of hydrogen-bond donors (Lipinski definition) is 3. The molecule has 1 atom stereocenters. The van der Waals surface area contributed by atoms with E-state index in [2.05, 4.69) is 15.3 Å². The standard InChI is InChI=1S/C15H19N3O4S/c1-4-9(15(21)22)16-11(19)6-5-10-17-13(20)12-7(2)8(3)23-14(12)18-10/h9H,4-6H2,1-3H3,(H,16,19)(H,21,22)(H,17,18,20).